The van der Waals surface area contributed by atoms with Gasteiger partial charge in [0.05, 0.1) is 34.3 Å². The van der Waals surface area contributed by atoms with Gasteiger partial charge in [-0.3, -0.25) is 0 Å². The number of fused-ring (bicyclic) bond motifs is 1. The molecule has 0 amide bonds. The van der Waals surface area contributed by atoms with Gasteiger partial charge in [0.2, 0.25) is 5.28 Å². The molecule has 0 saturated carbocycles. The van der Waals surface area contributed by atoms with E-state index < -0.39 is 11.4 Å². The van der Waals surface area contributed by atoms with Gasteiger partial charge < -0.3 is 4.55 Å². The number of benzene rings is 1. The summed E-state index contributed by atoms with van der Waals surface area (Å²) in [6.45, 7) is 2.05. The SMILES string of the molecule is Cc1sc2cnc(Cl)nc2c1-c1ccccc1N(C)[S+](C)[O-]. The van der Waals surface area contributed by atoms with Gasteiger partial charge in [-0.15, -0.1) is 11.3 Å². The molecule has 0 spiro atoms. The highest BCUT2D eigenvalue weighted by atomic mass is 35.5. The number of anilines is 1. The summed E-state index contributed by atoms with van der Waals surface area (Å²) in [5.74, 6) is 0. The smallest absolute Gasteiger partial charge is 0.222 e. The van der Waals surface area contributed by atoms with Crippen molar-refractivity contribution >= 4 is 50.2 Å². The summed E-state index contributed by atoms with van der Waals surface area (Å²) in [4.78, 5) is 9.57. The standard InChI is InChI=1S/C15H14ClN3OS2/c1-9-13(14-12(21-9)8-17-15(16)18-14)10-6-4-5-7-11(10)19(2)22(3)20/h4-8H,1-3H3. The lowest BCUT2D eigenvalue weighted by atomic mass is 10.0. The van der Waals surface area contributed by atoms with Crippen LogP contribution in [-0.4, -0.2) is 27.8 Å². The first-order valence-corrected chi connectivity index (χ1v) is 9.28. The zero-order valence-corrected chi connectivity index (χ0v) is 14.7. The van der Waals surface area contributed by atoms with Gasteiger partial charge in [0, 0.05) is 22.2 Å². The Kier molecular flexibility index (Phi) is 4.27. The molecule has 3 aromatic rings. The maximum Gasteiger partial charge on any atom is 0.222 e. The molecule has 0 fully saturated rings. The van der Waals surface area contributed by atoms with E-state index >= 15 is 0 Å². The van der Waals surface area contributed by atoms with E-state index in [-0.39, 0.29) is 5.28 Å². The Morgan fingerprint density at radius 2 is 2.05 bits per heavy atom. The monoisotopic (exact) mass is 351 g/mol. The highest BCUT2D eigenvalue weighted by molar-refractivity contribution is 7.92. The van der Waals surface area contributed by atoms with E-state index in [4.69, 9.17) is 11.6 Å². The van der Waals surface area contributed by atoms with E-state index in [1.54, 1.807) is 28.1 Å². The average Bonchev–Trinajstić information content (AvgIpc) is 2.81. The minimum absolute atomic E-state index is 0.233. The third-order valence-electron chi connectivity index (χ3n) is 3.48. The number of thiophene rings is 1. The number of rotatable bonds is 3. The van der Waals surface area contributed by atoms with Crippen molar-refractivity contribution in [1.29, 1.82) is 0 Å². The second-order valence-corrected chi connectivity index (χ2v) is 7.81. The zero-order valence-electron chi connectivity index (χ0n) is 12.3. The molecule has 1 aromatic carbocycles. The normalized spacial score (nSPS) is 12.6. The molecule has 0 aliphatic carbocycles. The van der Waals surface area contributed by atoms with Crippen LogP contribution in [0.1, 0.15) is 4.88 Å². The third-order valence-corrected chi connectivity index (χ3v) is 5.66. The van der Waals surface area contributed by atoms with Crippen LogP contribution in [0.4, 0.5) is 5.69 Å². The van der Waals surface area contributed by atoms with Gasteiger partial charge in [-0.05, 0) is 24.6 Å². The summed E-state index contributed by atoms with van der Waals surface area (Å²) in [6.07, 6.45) is 3.41. The van der Waals surface area contributed by atoms with Crippen molar-refractivity contribution in [2.75, 3.05) is 17.6 Å². The fourth-order valence-electron chi connectivity index (χ4n) is 2.40. The van der Waals surface area contributed by atoms with Crippen molar-refractivity contribution in [2.24, 2.45) is 0 Å². The number of hydrogen-bond acceptors (Lipinski definition) is 5. The quantitative estimate of drug-likeness (QED) is 0.527. The molecule has 0 aliphatic rings. The Hall–Kier alpha value is -1.34. The molecule has 2 aromatic heterocycles. The Labute approximate surface area is 141 Å². The Morgan fingerprint density at radius 3 is 2.77 bits per heavy atom. The van der Waals surface area contributed by atoms with Crippen molar-refractivity contribution in [3.8, 4) is 11.1 Å². The molecule has 1 atom stereocenters. The van der Waals surface area contributed by atoms with Gasteiger partial charge in [-0.2, -0.15) is 4.31 Å². The number of aryl methyl sites for hydroxylation is 1. The molecule has 1 unspecified atom stereocenters. The van der Waals surface area contributed by atoms with E-state index in [1.807, 2.05) is 31.3 Å². The Balaban J connectivity index is 2.28. The predicted molar refractivity (Wildman–Crippen MR) is 95.1 cm³/mol. The van der Waals surface area contributed by atoms with Crippen molar-refractivity contribution in [1.82, 2.24) is 9.97 Å². The number of para-hydroxylation sites is 1. The predicted octanol–water partition coefficient (Wildman–Crippen LogP) is 4.05. The van der Waals surface area contributed by atoms with E-state index in [9.17, 15) is 4.55 Å². The second-order valence-electron chi connectivity index (χ2n) is 4.82. The second kappa shape index (κ2) is 6.04. The maximum atomic E-state index is 11.9. The number of aromatic nitrogens is 2. The van der Waals surface area contributed by atoms with Crippen LogP contribution in [0.5, 0.6) is 0 Å². The van der Waals surface area contributed by atoms with Gasteiger partial charge in [0.15, 0.2) is 0 Å². The highest BCUT2D eigenvalue weighted by Gasteiger charge is 2.20. The van der Waals surface area contributed by atoms with Crippen LogP contribution < -0.4 is 4.31 Å². The molecule has 3 rings (SSSR count). The maximum absolute atomic E-state index is 11.9. The summed E-state index contributed by atoms with van der Waals surface area (Å²) >= 11 is 6.50. The lowest BCUT2D eigenvalue weighted by Gasteiger charge is -2.21. The third kappa shape index (κ3) is 2.67. The first kappa shape index (κ1) is 15.6. The van der Waals surface area contributed by atoms with E-state index in [0.29, 0.717) is 0 Å². The molecule has 0 bridgehead atoms. The summed E-state index contributed by atoms with van der Waals surface area (Å²) < 4.78 is 14.6. The lowest BCUT2D eigenvalue weighted by molar-refractivity contribution is 0.599. The van der Waals surface area contributed by atoms with E-state index in [2.05, 4.69) is 16.9 Å². The number of nitrogens with zero attached hydrogens (tertiary/aromatic N) is 3. The molecule has 2 heterocycles. The molecule has 0 radical (unpaired) electrons. The largest absolute Gasteiger partial charge is 0.593 e. The molecular formula is C15H14ClN3OS2. The first-order chi connectivity index (χ1) is 10.5. The molecule has 0 saturated heterocycles. The minimum atomic E-state index is -1.10. The van der Waals surface area contributed by atoms with Crippen LogP contribution in [0, 0.1) is 6.92 Å². The van der Waals surface area contributed by atoms with Crippen LogP contribution in [0.15, 0.2) is 30.5 Å². The van der Waals surface area contributed by atoms with Crippen LogP contribution in [-0.2, 0) is 11.4 Å². The van der Waals surface area contributed by atoms with Gasteiger partial charge >= 0.3 is 0 Å². The number of halogens is 1. The summed E-state index contributed by atoms with van der Waals surface area (Å²) in [5, 5.41) is 0.233. The molecular weight excluding hydrogens is 338 g/mol. The topological polar surface area (TPSA) is 52.1 Å². The molecule has 22 heavy (non-hydrogen) atoms. The fraction of sp³-hybridized carbons (Fsp3) is 0.200. The molecule has 7 heteroatoms. The molecule has 0 N–H and O–H groups in total. The molecule has 0 aliphatic heterocycles. The fourth-order valence-corrected chi connectivity index (χ4v) is 3.96. The van der Waals surface area contributed by atoms with Crippen LogP contribution in [0.2, 0.25) is 5.28 Å². The van der Waals surface area contributed by atoms with Crippen LogP contribution in [0.3, 0.4) is 0 Å². The minimum Gasteiger partial charge on any atom is -0.593 e. The average molecular weight is 352 g/mol. The van der Waals surface area contributed by atoms with Gasteiger partial charge in [-0.25, -0.2) is 9.97 Å². The Morgan fingerprint density at radius 1 is 1.32 bits per heavy atom. The zero-order chi connectivity index (χ0) is 15.9. The first-order valence-electron chi connectivity index (χ1n) is 6.57. The van der Waals surface area contributed by atoms with E-state index in [0.717, 1.165) is 31.9 Å². The van der Waals surface area contributed by atoms with Crippen molar-refractivity contribution in [3.05, 3.63) is 40.6 Å². The highest BCUT2D eigenvalue weighted by Crippen LogP contribution is 2.41. The van der Waals surface area contributed by atoms with Gasteiger partial charge in [-0.1, -0.05) is 18.2 Å². The van der Waals surface area contributed by atoms with Crippen LogP contribution >= 0.6 is 22.9 Å². The summed E-state index contributed by atoms with van der Waals surface area (Å²) in [6, 6.07) is 7.89. The molecule has 4 nitrogen and oxygen atoms in total. The Bertz CT molecular complexity index is 835. The molecule has 114 valence electrons. The number of hydrogen-bond donors (Lipinski definition) is 0. The van der Waals surface area contributed by atoms with E-state index in [1.165, 1.54) is 0 Å². The van der Waals surface area contributed by atoms with Crippen molar-refractivity contribution < 1.29 is 4.55 Å². The lowest BCUT2D eigenvalue weighted by Crippen LogP contribution is -2.25. The van der Waals surface area contributed by atoms with Gasteiger partial charge in [0.25, 0.3) is 0 Å². The summed E-state index contributed by atoms with van der Waals surface area (Å²) in [7, 11) is 1.82. The van der Waals surface area contributed by atoms with Gasteiger partial charge in [0.1, 0.15) is 6.26 Å². The van der Waals surface area contributed by atoms with Crippen LogP contribution in [0.25, 0.3) is 21.3 Å². The van der Waals surface area contributed by atoms with Crippen molar-refractivity contribution in [3.63, 3.8) is 0 Å². The summed E-state index contributed by atoms with van der Waals surface area (Å²) in [5.41, 5.74) is 3.77. The van der Waals surface area contributed by atoms with Crippen molar-refractivity contribution in [2.45, 2.75) is 6.92 Å².